The maximum atomic E-state index is 13.4. The van der Waals surface area contributed by atoms with Gasteiger partial charge in [0.15, 0.2) is 0 Å². The third kappa shape index (κ3) is 8.55. The van der Waals surface area contributed by atoms with Gasteiger partial charge in [-0.25, -0.2) is 0 Å². The van der Waals surface area contributed by atoms with Gasteiger partial charge in [-0.3, -0.25) is 14.4 Å². The molecule has 0 bridgehead atoms. The minimum absolute atomic E-state index is 0.0626. The van der Waals surface area contributed by atoms with Crippen LogP contribution in [0.3, 0.4) is 0 Å². The van der Waals surface area contributed by atoms with Crippen LogP contribution in [0, 0.1) is 13.8 Å². The summed E-state index contributed by atoms with van der Waals surface area (Å²) in [5.74, 6) is -0.403. The number of methoxy groups -OCH3 is 1. The van der Waals surface area contributed by atoms with E-state index < -0.39 is 18.4 Å². The van der Waals surface area contributed by atoms with Crippen LogP contribution in [0.25, 0.3) is 34.0 Å². The van der Waals surface area contributed by atoms with Gasteiger partial charge in [-0.05, 0) is 78.6 Å². The minimum Gasteiger partial charge on any atom is -0.496 e. The smallest absolute Gasteiger partial charge is 0.323 e. The molecule has 0 saturated heterocycles. The summed E-state index contributed by atoms with van der Waals surface area (Å²) in [7, 11) is 1.56. The minimum atomic E-state index is -1.14. The summed E-state index contributed by atoms with van der Waals surface area (Å²) in [6, 6.07) is 35.4. The molecule has 256 valence electrons. The Kier molecular flexibility index (Phi) is 10.3. The average molecular weight is 681 g/mol. The van der Waals surface area contributed by atoms with E-state index in [-0.39, 0.29) is 24.4 Å². The number of aromatic nitrogens is 2. The average Bonchev–Trinajstić information content (AvgIpc) is 3.63. The highest BCUT2D eigenvalue weighted by molar-refractivity contribution is 5.97. The number of rotatable bonds is 12. The number of anilines is 1. The van der Waals surface area contributed by atoms with Crippen molar-refractivity contribution in [2.45, 2.75) is 26.8 Å². The predicted octanol–water partition coefficient (Wildman–Crippen LogP) is 7.60. The van der Waals surface area contributed by atoms with Gasteiger partial charge in [0.25, 0.3) is 11.8 Å². The fraction of sp³-hybridized carbons (Fsp3) is 0.146. The zero-order valence-corrected chi connectivity index (χ0v) is 28.4. The molecule has 0 aliphatic heterocycles. The number of ether oxygens (including phenoxy) is 1. The first kappa shape index (κ1) is 34.3. The van der Waals surface area contributed by atoms with E-state index in [4.69, 9.17) is 9.26 Å². The molecule has 0 unspecified atom stereocenters. The number of carbonyl (C=O) groups excluding carboxylic acids is 2. The van der Waals surface area contributed by atoms with Crippen molar-refractivity contribution in [2.75, 3.05) is 19.0 Å². The maximum absolute atomic E-state index is 13.4. The summed E-state index contributed by atoms with van der Waals surface area (Å²) >= 11 is 0. The molecule has 0 atom stereocenters. The molecule has 1 aromatic heterocycles. The zero-order chi connectivity index (χ0) is 35.9. The molecule has 6 rings (SSSR count). The summed E-state index contributed by atoms with van der Waals surface area (Å²) in [5.41, 5.74) is 8.21. The number of amides is 2. The molecule has 5 aromatic carbocycles. The highest BCUT2D eigenvalue weighted by Gasteiger charge is 2.20. The molecule has 10 nitrogen and oxygen atoms in total. The van der Waals surface area contributed by atoms with Crippen molar-refractivity contribution < 1.29 is 28.8 Å². The fourth-order valence-electron chi connectivity index (χ4n) is 5.61. The highest BCUT2D eigenvalue weighted by atomic mass is 16.5. The summed E-state index contributed by atoms with van der Waals surface area (Å²) in [4.78, 5) is 43.7. The van der Waals surface area contributed by atoms with Crippen molar-refractivity contribution in [2.24, 2.45) is 0 Å². The number of carboxylic acids is 1. The number of nitrogens with one attached hydrogen (secondary N) is 1. The molecule has 2 amide bonds. The van der Waals surface area contributed by atoms with Crippen molar-refractivity contribution >= 4 is 23.5 Å². The number of carbonyl (C=O) groups is 3. The highest BCUT2D eigenvalue weighted by Crippen LogP contribution is 2.27. The molecule has 0 fully saturated rings. The van der Waals surface area contributed by atoms with E-state index in [1.807, 2.05) is 49.4 Å². The summed E-state index contributed by atoms with van der Waals surface area (Å²) in [6.07, 6.45) is 0.117. The molecule has 10 heteroatoms. The second kappa shape index (κ2) is 15.3. The van der Waals surface area contributed by atoms with Crippen molar-refractivity contribution in [3.63, 3.8) is 0 Å². The second-order valence-corrected chi connectivity index (χ2v) is 12.2. The van der Waals surface area contributed by atoms with Crippen LogP contribution in [-0.4, -0.2) is 51.6 Å². The monoisotopic (exact) mass is 680 g/mol. The van der Waals surface area contributed by atoms with E-state index >= 15 is 0 Å². The van der Waals surface area contributed by atoms with Gasteiger partial charge in [0.1, 0.15) is 12.3 Å². The van der Waals surface area contributed by atoms with Crippen LogP contribution >= 0.6 is 0 Å². The van der Waals surface area contributed by atoms with E-state index in [1.54, 1.807) is 55.6 Å². The molecule has 0 saturated carbocycles. The first-order valence-corrected chi connectivity index (χ1v) is 16.3. The van der Waals surface area contributed by atoms with E-state index in [1.165, 1.54) is 10.5 Å². The first-order valence-electron chi connectivity index (χ1n) is 16.3. The largest absolute Gasteiger partial charge is 0.496 e. The van der Waals surface area contributed by atoms with Gasteiger partial charge >= 0.3 is 5.97 Å². The standard InChI is InChI=1S/C41H36N4O6/c1-26-4-9-29(10-5-26)30-14-16-32(17-15-30)40-43-39(44-51-40)31-12-7-28(8-13-31)24-45(25-38(47)48)41(49)33-18-20-35(21-19-33)42-37(46)23-34-11-6-27(2)22-36(34)50-3/h4-22H,23-25H2,1-3H3,(H,42,46)(H,47,48). The Morgan fingerprint density at radius 1 is 0.765 bits per heavy atom. The molecule has 0 radical (unpaired) electrons. The Labute approximate surface area is 295 Å². The number of nitrogens with zero attached hydrogens (tertiary/aromatic N) is 3. The van der Waals surface area contributed by atoms with Gasteiger partial charge in [0.2, 0.25) is 11.7 Å². The Morgan fingerprint density at radius 3 is 2.02 bits per heavy atom. The van der Waals surface area contributed by atoms with Crippen LogP contribution in [0.15, 0.2) is 120 Å². The Bertz CT molecular complexity index is 2160. The topological polar surface area (TPSA) is 135 Å². The normalized spacial score (nSPS) is 10.8. The molecular formula is C41H36N4O6. The second-order valence-electron chi connectivity index (χ2n) is 12.2. The summed E-state index contributed by atoms with van der Waals surface area (Å²) < 4.78 is 10.9. The van der Waals surface area contributed by atoms with E-state index in [0.29, 0.717) is 28.7 Å². The van der Waals surface area contributed by atoms with E-state index in [2.05, 4.69) is 46.6 Å². The van der Waals surface area contributed by atoms with Gasteiger partial charge in [-0.2, -0.15) is 4.98 Å². The molecule has 0 aliphatic carbocycles. The van der Waals surface area contributed by atoms with E-state index in [0.717, 1.165) is 33.4 Å². The number of aliphatic carboxylic acids is 1. The molecule has 0 aliphatic rings. The van der Waals surface area contributed by atoms with Gasteiger partial charge in [-0.15, -0.1) is 0 Å². The van der Waals surface area contributed by atoms with Gasteiger partial charge in [0, 0.05) is 34.5 Å². The van der Waals surface area contributed by atoms with Crippen molar-refractivity contribution in [1.82, 2.24) is 15.0 Å². The van der Waals surface area contributed by atoms with Crippen molar-refractivity contribution in [3.05, 3.63) is 143 Å². The van der Waals surface area contributed by atoms with E-state index in [9.17, 15) is 19.5 Å². The molecule has 2 N–H and O–H groups in total. The fourth-order valence-corrected chi connectivity index (χ4v) is 5.61. The van der Waals surface area contributed by atoms with Crippen molar-refractivity contribution in [3.8, 4) is 39.7 Å². The third-order valence-electron chi connectivity index (χ3n) is 8.35. The van der Waals surface area contributed by atoms with Crippen LogP contribution in [-0.2, 0) is 22.6 Å². The molecule has 51 heavy (non-hydrogen) atoms. The Morgan fingerprint density at radius 2 is 1.37 bits per heavy atom. The lowest BCUT2D eigenvalue weighted by atomic mass is 10.0. The van der Waals surface area contributed by atoms with Gasteiger partial charge < -0.3 is 24.6 Å². The van der Waals surface area contributed by atoms with Crippen LogP contribution in [0.4, 0.5) is 5.69 Å². The Balaban J connectivity index is 1.08. The van der Waals surface area contributed by atoms with Crippen molar-refractivity contribution in [1.29, 1.82) is 0 Å². The molecule has 0 spiro atoms. The first-order chi connectivity index (χ1) is 24.6. The quantitative estimate of drug-likeness (QED) is 0.135. The van der Waals surface area contributed by atoms with Crippen LogP contribution in [0.2, 0.25) is 0 Å². The zero-order valence-electron chi connectivity index (χ0n) is 28.4. The lowest BCUT2D eigenvalue weighted by molar-refractivity contribution is -0.137. The van der Waals surface area contributed by atoms with Gasteiger partial charge in [-0.1, -0.05) is 83.5 Å². The van der Waals surface area contributed by atoms with Crippen LogP contribution in [0.1, 0.15) is 32.6 Å². The lowest BCUT2D eigenvalue weighted by Crippen LogP contribution is -2.35. The lowest BCUT2D eigenvalue weighted by Gasteiger charge is -2.21. The summed E-state index contributed by atoms with van der Waals surface area (Å²) in [5, 5.41) is 16.5. The number of aryl methyl sites for hydroxylation is 2. The predicted molar refractivity (Wildman–Crippen MR) is 194 cm³/mol. The Hall–Kier alpha value is -6.55. The number of hydrogen-bond donors (Lipinski definition) is 2. The van der Waals surface area contributed by atoms with Crippen LogP contribution in [0.5, 0.6) is 5.75 Å². The molecule has 6 aromatic rings. The third-order valence-corrected chi connectivity index (χ3v) is 8.35. The SMILES string of the molecule is COc1cc(C)ccc1CC(=O)Nc1ccc(C(=O)N(CC(=O)O)Cc2ccc(-c3noc(-c4ccc(-c5ccc(C)cc5)cc4)n3)cc2)cc1. The van der Waals surface area contributed by atoms with Crippen LogP contribution < -0.4 is 10.1 Å². The van der Waals surface area contributed by atoms with Gasteiger partial charge in [0.05, 0.1) is 13.5 Å². The number of hydrogen-bond acceptors (Lipinski definition) is 7. The number of carboxylic acid groups (broad SMARTS) is 1. The molecule has 1 heterocycles. The summed E-state index contributed by atoms with van der Waals surface area (Å²) in [6.45, 7) is 3.58. The maximum Gasteiger partial charge on any atom is 0.323 e. The molecular weight excluding hydrogens is 644 g/mol. The number of benzene rings is 5.